The molecule has 8 heteroatoms. The van der Waals surface area contributed by atoms with Crippen molar-refractivity contribution < 1.29 is 4.79 Å². The van der Waals surface area contributed by atoms with Crippen LogP contribution in [0.4, 0.5) is 10.8 Å². The Hall–Kier alpha value is -2.06. The third-order valence-corrected chi connectivity index (χ3v) is 5.82. The fraction of sp³-hybridized carbons (Fsp3) is 0.333. The minimum atomic E-state index is -0.250. The number of aryl methyl sites for hydroxylation is 3. The van der Waals surface area contributed by atoms with Crippen LogP contribution in [0.1, 0.15) is 38.8 Å². The molecule has 6 nitrogen and oxygen atoms in total. The van der Waals surface area contributed by atoms with E-state index in [1.54, 1.807) is 0 Å². The molecule has 0 aliphatic heterocycles. The first-order valence-electron chi connectivity index (χ1n) is 7.44. The second-order valence-corrected chi connectivity index (χ2v) is 7.76. The van der Waals surface area contributed by atoms with Gasteiger partial charge in [0.05, 0.1) is 5.69 Å². The zero-order valence-corrected chi connectivity index (χ0v) is 14.2. The van der Waals surface area contributed by atoms with Crippen molar-refractivity contribution in [1.29, 1.82) is 0 Å². The molecule has 1 aliphatic rings. The lowest BCUT2D eigenvalue weighted by Crippen LogP contribution is -2.11. The summed E-state index contributed by atoms with van der Waals surface area (Å²) in [4.78, 5) is 18.5. The summed E-state index contributed by atoms with van der Waals surface area (Å²) in [6.07, 6.45) is 4.41. The lowest BCUT2D eigenvalue weighted by atomic mass is 9.95. The average molecular weight is 345 g/mol. The first-order chi connectivity index (χ1) is 11.1. The Kier molecular flexibility index (Phi) is 3.50. The van der Waals surface area contributed by atoms with Crippen molar-refractivity contribution in [2.24, 2.45) is 0 Å². The maximum Gasteiger partial charge on any atom is 0.269 e. The number of amides is 1. The number of fused-ring (bicyclic) bond motifs is 2. The second kappa shape index (κ2) is 5.54. The van der Waals surface area contributed by atoms with Crippen LogP contribution in [0.2, 0.25) is 0 Å². The Bertz CT molecular complexity index is 914. The molecule has 118 valence electrons. The number of nitrogens with zero attached hydrogens (tertiary/aromatic N) is 3. The SMILES string of the molecule is Cc1nnc(NC(=O)c2sc3nc4c(cc3c2N)CCCC4)s1. The van der Waals surface area contributed by atoms with Crippen LogP contribution in [-0.4, -0.2) is 21.1 Å². The zero-order chi connectivity index (χ0) is 16.0. The van der Waals surface area contributed by atoms with Crippen LogP contribution in [0.25, 0.3) is 10.2 Å². The van der Waals surface area contributed by atoms with Gasteiger partial charge in [-0.1, -0.05) is 11.3 Å². The van der Waals surface area contributed by atoms with E-state index in [2.05, 4.69) is 21.6 Å². The molecular formula is C15H15N5OS2. The van der Waals surface area contributed by atoms with E-state index in [1.807, 2.05) is 6.92 Å². The third-order valence-electron chi connectivity index (χ3n) is 3.95. The molecule has 3 aromatic rings. The number of nitrogen functional groups attached to an aromatic ring is 1. The van der Waals surface area contributed by atoms with E-state index in [4.69, 9.17) is 10.7 Å². The summed E-state index contributed by atoms with van der Waals surface area (Å²) in [6.45, 7) is 1.84. The maximum absolute atomic E-state index is 12.5. The molecule has 0 fully saturated rings. The highest BCUT2D eigenvalue weighted by Crippen LogP contribution is 2.35. The van der Waals surface area contributed by atoms with E-state index in [0.29, 0.717) is 15.7 Å². The van der Waals surface area contributed by atoms with Gasteiger partial charge in [-0.25, -0.2) is 4.98 Å². The molecule has 0 bridgehead atoms. The number of rotatable bonds is 2. The van der Waals surface area contributed by atoms with Gasteiger partial charge in [-0.15, -0.1) is 21.5 Å². The Balaban J connectivity index is 1.72. The van der Waals surface area contributed by atoms with Gasteiger partial charge in [0.15, 0.2) is 0 Å². The molecule has 4 rings (SSSR count). The van der Waals surface area contributed by atoms with Crippen molar-refractivity contribution in [2.75, 3.05) is 11.1 Å². The first kappa shape index (κ1) is 14.5. The normalized spacial score (nSPS) is 14.0. The maximum atomic E-state index is 12.5. The molecule has 0 saturated carbocycles. The monoisotopic (exact) mass is 345 g/mol. The van der Waals surface area contributed by atoms with Gasteiger partial charge in [0.1, 0.15) is 14.7 Å². The molecule has 0 unspecified atom stereocenters. The van der Waals surface area contributed by atoms with Crippen LogP contribution in [0.5, 0.6) is 0 Å². The summed E-state index contributed by atoms with van der Waals surface area (Å²) < 4.78 is 0. The van der Waals surface area contributed by atoms with Gasteiger partial charge >= 0.3 is 0 Å². The average Bonchev–Trinajstić information content (AvgIpc) is 3.09. The Morgan fingerprint density at radius 1 is 1.26 bits per heavy atom. The minimum Gasteiger partial charge on any atom is -0.397 e. The van der Waals surface area contributed by atoms with E-state index < -0.39 is 0 Å². The molecule has 3 aromatic heterocycles. The molecule has 23 heavy (non-hydrogen) atoms. The van der Waals surface area contributed by atoms with Gasteiger partial charge in [-0.2, -0.15) is 0 Å². The van der Waals surface area contributed by atoms with Gasteiger partial charge in [-0.05, 0) is 44.2 Å². The van der Waals surface area contributed by atoms with Crippen LogP contribution in [-0.2, 0) is 12.8 Å². The van der Waals surface area contributed by atoms with Gasteiger partial charge in [0.25, 0.3) is 5.91 Å². The van der Waals surface area contributed by atoms with Crippen molar-refractivity contribution in [3.8, 4) is 0 Å². The highest BCUT2D eigenvalue weighted by Gasteiger charge is 2.21. The molecule has 0 atom stereocenters. The van der Waals surface area contributed by atoms with Crippen LogP contribution < -0.4 is 11.1 Å². The molecule has 1 amide bonds. The van der Waals surface area contributed by atoms with E-state index in [-0.39, 0.29) is 5.91 Å². The first-order valence-corrected chi connectivity index (χ1v) is 9.07. The van der Waals surface area contributed by atoms with Gasteiger partial charge < -0.3 is 5.73 Å². The number of aromatic nitrogens is 3. The molecule has 1 aliphatic carbocycles. The molecule has 0 radical (unpaired) electrons. The van der Waals surface area contributed by atoms with E-state index in [1.165, 1.54) is 41.1 Å². The summed E-state index contributed by atoms with van der Waals surface area (Å²) in [6, 6.07) is 2.11. The number of nitrogens with two attached hydrogens (primary N) is 1. The number of thiophene rings is 1. The number of carbonyl (C=O) groups excluding carboxylic acids is 1. The van der Waals surface area contributed by atoms with Crippen molar-refractivity contribution in [3.05, 3.63) is 27.2 Å². The van der Waals surface area contributed by atoms with Crippen molar-refractivity contribution in [1.82, 2.24) is 15.2 Å². The van der Waals surface area contributed by atoms with Crippen molar-refractivity contribution in [2.45, 2.75) is 32.6 Å². The summed E-state index contributed by atoms with van der Waals surface area (Å²) in [5.41, 5.74) is 9.13. The number of hydrogen-bond donors (Lipinski definition) is 2. The van der Waals surface area contributed by atoms with E-state index in [9.17, 15) is 4.79 Å². The summed E-state index contributed by atoms with van der Waals surface area (Å²) in [5.74, 6) is -0.250. The number of pyridine rings is 1. The van der Waals surface area contributed by atoms with Gasteiger partial charge in [0.2, 0.25) is 5.13 Å². The third kappa shape index (κ3) is 2.57. The second-order valence-electron chi connectivity index (χ2n) is 5.58. The summed E-state index contributed by atoms with van der Waals surface area (Å²) in [7, 11) is 0. The highest BCUT2D eigenvalue weighted by molar-refractivity contribution is 7.21. The predicted molar refractivity (Wildman–Crippen MR) is 93.3 cm³/mol. The van der Waals surface area contributed by atoms with Crippen LogP contribution >= 0.6 is 22.7 Å². The van der Waals surface area contributed by atoms with Crippen molar-refractivity contribution in [3.63, 3.8) is 0 Å². The molecule has 3 N–H and O–H groups in total. The standard InChI is InChI=1S/C15H15N5OS2/c1-7-19-20-15(22-7)18-13(21)12-11(16)9-6-8-4-2-3-5-10(8)17-14(9)23-12/h6H,2-5,16H2,1H3,(H,18,20,21). The zero-order valence-electron chi connectivity index (χ0n) is 12.5. The molecular weight excluding hydrogens is 330 g/mol. The van der Waals surface area contributed by atoms with Crippen LogP contribution in [0.15, 0.2) is 6.07 Å². The fourth-order valence-electron chi connectivity index (χ4n) is 2.83. The lowest BCUT2D eigenvalue weighted by molar-refractivity contribution is 0.103. The summed E-state index contributed by atoms with van der Waals surface area (Å²) >= 11 is 2.68. The largest absolute Gasteiger partial charge is 0.397 e. The Morgan fingerprint density at radius 2 is 2.09 bits per heavy atom. The number of anilines is 2. The van der Waals surface area contributed by atoms with Gasteiger partial charge in [0, 0.05) is 11.1 Å². The minimum absolute atomic E-state index is 0.250. The van der Waals surface area contributed by atoms with Crippen molar-refractivity contribution >= 4 is 49.6 Å². The Labute approximate surface area is 140 Å². The summed E-state index contributed by atoms with van der Waals surface area (Å²) in [5, 5.41) is 12.7. The van der Waals surface area contributed by atoms with Crippen LogP contribution in [0.3, 0.4) is 0 Å². The molecule has 0 spiro atoms. The quantitative estimate of drug-likeness (QED) is 0.744. The number of nitrogens with one attached hydrogen (secondary N) is 1. The molecule has 0 aromatic carbocycles. The number of carbonyl (C=O) groups is 1. The fourth-order valence-corrected chi connectivity index (χ4v) is 4.41. The predicted octanol–water partition coefficient (Wildman–Crippen LogP) is 3.17. The van der Waals surface area contributed by atoms with Gasteiger partial charge in [-0.3, -0.25) is 10.1 Å². The smallest absolute Gasteiger partial charge is 0.269 e. The molecule has 0 saturated heterocycles. The molecule has 3 heterocycles. The number of hydrogen-bond acceptors (Lipinski definition) is 7. The topological polar surface area (TPSA) is 93.8 Å². The van der Waals surface area contributed by atoms with Crippen LogP contribution in [0, 0.1) is 6.92 Å². The highest BCUT2D eigenvalue weighted by atomic mass is 32.1. The lowest BCUT2D eigenvalue weighted by Gasteiger charge is -2.14. The Morgan fingerprint density at radius 3 is 2.87 bits per heavy atom. The van der Waals surface area contributed by atoms with E-state index >= 15 is 0 Å². The van der Waals surface area contributed by atoms with E-state index in [0.717, 1.165) is 33.8 Å².